The summed E-state index contributed by atoms with van der Waals surface area (Å²) in [5, 5.41) is 10.6. The van der Waals surface area contributed by atoms with Gasteiger partial charge in [-0.25, -0.2) is 4.98 Å². The van der Waals surface area contributed by atoms with Crippen molar-refractivity contribution in [1.29, 1.82) is 0 Å². The van der Waals surface area contributed by atoms with E-state index in [1.165, 1.54) is 5.56 Å². The van der Waals surface area contributed by atoms with Gasteiger partial charge in [-0.3, -0.25) is 4.21 Å². The highest BCUT2D eigenvalue weighted by molar-refractivity contribution is 7.85. The van der Waals surface area contributed by atoms with Crippen LogP contribution in [0, 0.1) is 0 Å². The van der Waals surface area contributed by atoms with Crippen molar-refractivity contribution in [3.05, 3.63) is 40.5 Å². The van der Waals surface area contributed by atoms with Gasteiger partial charge >= 0.3 is 0 Å². The van der Waals surface area contributed by atoms with Crippen molar-refractivity contribution in [2.75, 3.05) is 30.3 Å². The minimum Gasteiger partial charge on any atom is -0.468 e. The van der Waals surface area contributed by atoms with Crippen molar-refractivity contribution in [3.8, 4) is 5.88 Å². The second-order valence-electron chi connectivity index (χ2n) is 8.51. The van der Waals surface area contributed by atoms with Gasteiger partial charge in [0, 0.05) is 30.3 Å². The lowest BCUT2D eigenvalue weighted by Gasteiger charge is -2.40. The lowest BCUT2D eigenvalue weighted by Crippen LogP contribution is -2.47. The first-order valence-corrected chi connectivity index (χ1v) is 12.4. The number of aromatic nitrogens is 2. The topological polar surface area (TPSA) is 75.6 Å². The van der Waals surface area contributed by atoms with Crippen molar-refractivity contribution in [1.82, 2.24) is 9.97 Å². The number of aryl methyl sites for hydroxylation is 1. The number of nitrogens with zero attached hydrogens (tertiary/aromatic N) is 3. The summed E-state index contributed by atoms with van der Waals surface area (Å²) in [6.07, 6.45) is 5.35. The Kier molecular flexibility index (Phi) is 5.45. The van der Waals surface area contributed by atoms with E-state index in [1.807, 2.05) is 12.1 Å². The molecule has 1 aromatic heterocycles. The smallest absolute Gasteiger partial charge is 0.235 e. The van der Waals surface area contributed by atoms with E-state index < -0.39 is 16.4 Å². The van der Waals surface area contributed by atoms with Crippen molar-refractivity contribution in [3.63, 3.8) is 0 Å². The van der Waals surface area contributed by atoms with E-state index in [2.05, 4.69) is 17.0 Å². The Morgan fingerprint density at radius 3 is 2.57 bits per heavy atom. The van der Waals surface area contributed by atoms with E-state index in [0.717, 1.165) is 55.9 Å². The fourth-order valence-corrected chi connectivity index (χ4v) is 5.98. The van der Waals surface area contributed by atoms with Gasteiger partial charge in [0.25, 0.3) is 0 Å². The molecule has 1 N–H and O–H groups in total. The summed E-state index contributed by atoms with van der Waals surface area (Å²) in [5.41, 5.74) is 1.58. The predicted molar refractivity (Wildman–Crippen MR) is 117 cm³/mol. The molecule has 0 unspecified atom stereocenters. The Morgan fingerprint density at radius 1 is 1.20 bits per heavy atom. The van der Waals surface area contributed by atoms with E-state index in [4.69, 9.17) is 26.3 Å². The summed E-state index contributed by atoms with van der Waals surface area (Å²) in [4.78, 5) is 12.3. The van der Waals surface area contributed by atoms with Crippen molar-refractivity contribution < 1.29 is 14.1 Å². The highest BCUT2D eigenvalue weighted by Gasteiger charge is 2.41. The van der Waals surface area contributed by atoms with Crippen LogP contribution in [0.2, 0.25) is 5.02 Å². The van der Waals surface area contributed by atoms with Crippen LogP contribution >= 0.6 is 11.6 Å². The minimum atomic E-state index is -1.13. The molecular formula is C22H26ClN3O3S. The fraction of sp³-hybridized carbons (Fsp3) is 0.545. The van der Waals surface area contributed by atoms with Crippen LogP contribution in [-0.4, -0.2) is 50.3 Å². The van der Waals surface area contributed by atoms with Crippen LogP contribution in [0.25, 0.3) is 0 Å². The first-order valence-electron chi connectivity index (χ1n) is 10.7. The number of benzene rings is 1. The molecule has 0 bridgehead atoms. The average molecular weight is 448 g/mol. The standard InChI is InChI=1S/C22H26ClN3O3S/c23-17-4-2-15(3-5-17)16-6-11-26(12-7-16)21-24-18-8-13-30(28)19(18)20(25-21)29-22(14-27)9-1-10-22/h2-5,16,27H,1,6-14H2/t30-/m1/s1. The quantitative estimate of drug-likeness (QED) is 0.756. The third-order valence-corrected chi connectivity index (χ3v) is 8.32. The molecule has 3 aliphatic rings. The summed E-state index contributed by atoms with van der Waals surface area (Å²) >= 11 is 6.02. The first-order chi connectivity index (χ1) is 14.6. The molecule has 30 heavy (non-hydrogen) atoms. The number of ether oxygens (including phenoxy) is 1. The van der Waals surface area contributed by atoms with Crippen LogP contribution in [0.15, 0.2) is 29.2 Å². The van der Waals surface area contributed by atoms with Crippen LogP contribution in [0.4, 0.5) is 5.95 Å². The minimum absolute atomic E-state index is 0.0414. The molecule has 0 amide bonds. The van der Waals surface area contributed by atoms with Gasteiger partial charge in [0.15, 0.2) is 0 Å². The number of anilines is 1. The van der Waals surface area contributed by atoms with Gasteiger partial charge in [0.05, 0.1) is 23.1 Å². The number of aliphatic hydroxyl groups excluding tert-OH is 1. The van der Waals surface area contributed by atoms with Crippen LogP contribution in [0.3, 0.4) is 0 Å². The monoisotopic (exact) mass is 447 g/mol. The Bertz CT molecular complexity index is 951. The van der Waals surface area contributed by atoms with Gasteiger partial charge in [0.1, 0.15) is 10.5 Å². The third kappa shape index (κ3) is 3.72. The van der Waals surface area contributed by atoms with Crippen LogP contribution < -0.4 is 9.64 Å². The third-order valence-electron chi connectivity index (χ3n) is 6.63. The lowest BCUT2D eigenvalue weighted by molar-refractivity contribution is -0.0564. The summed E-state index contributed by atoms with van der Waals surface area (Å²) in [7, 11) is -1.13. The molecule has 2 aromatic rings. The number of piperidine rings is 1. The molecule has 1 saturated heterocycles. The highest BCUT2D eigenvalue weighted by Crippen LogP contribution is 2.40. The SMILES string of the molecule is O=[S@@]1CCc2nc(N3CCC(c4ccc(Cl)cc4)CC3)nc(OC3(CO)CCC3)c21. The molecule has 5 rings (SSSR count). The second kappa shape index (κ2) is 8.09. The number of halogens is 1. The fourth-order valence-electron chi connectivity index (χ4n) is 4.58. The van der Waals surface area contributed by atoms with E-state index in [-0.39, 0.29) is 6.61 Å². The zero-order chi connectivity index (χ0) is 20.7. The summed E-state index contributed by atoms with van der Waals surface area (Å²) < 4.78 is 18.7. The summed E-state index contributed by atoms with van der Waals surface area (Å²) in [6.45, 7) is 1.68. The molecule has 160 valence electrons. The molecule has 1 saturated carbocycles. The normalized spacial score (nSPS) is 23.1. The van der Waals surface area contributed by atoms with E-state index in [0.29, 0.717) is 34.8 Å². The molecule has 1 aromatic carbocycles. The highest BCUT2D eigenvalue weighted by atomic mass is 35.5. The van der Waals surface area contributed by atoms with Crippen LogP contribution in [-0.2, 0) is 17.2 Å². The average Bonchev–Trinajstić information content (AvgIpc) is 3.12. The Balaban J connectivity index is 1.37. The number of hydrogen-bond acceptors (Lipinski definition) is 6. The van der Waals surface area contributed by atoms with Crippen molar-refractivity contribution in [2.24, 2.45) is 0 Å². The largest absolute Gasteiger partial charge is 0.468 e. The molecular weight excluding hydrogens is 422 g/mol. The maximum absolute atomic E-state index is 12.5. The second-order valence-corrected chi connectivity index (χ2v) is 10.5. The Hall–Kier alpha value is -1.70. The van der Waals surface area contributed by atoms with E-state index >= 15 is 0 Å². The van der Waals surface area contributed by atoms with Crippen LogP contribution in [0.1, 0.15) is 49.3 Å². The van der Waals surface area contributed by atoms with Crippen LogP contribution in [0.5, 0.6) is 5.88 Å². The maximum atomic E-state index is 12.5. The molecule has 0 radical (unpaired) electrons. The molecule has 6 nitrogen and oxygen atoms in total. The molecule has 1 atom stereocenters. The first kappa shape index (κ1) is 20.2. The summed E-state index contributed by atoms with van der Waals surface area (Å²) in [6, 6.07) is 8.13. The predicted octanol–water partition coefficient (Wildman–Crippen LogP) is 3.47. The molecule has 3 heterocycles. The number of rotatable bonds is 5. The molecule has 0 spiro atoms. The molecule has 2 fully saturated rings. The number of fused-ring (bicyclic) bond motifs is 1. The van der Waals surface area contributed by atoms with Crippen molar-refractivity contribution in [2.45, 2.75) is 54.9 Å². The molecule has 1 aliphatic carbocycles. The van der Waals surface area contributed by atoms with Gasteiger partial charge in [-0.2, -0.15) is 4.98 Å². The molecule has 2 aliphatic heterocycles. The number of hydrogen-bond donors (Lipinski definition) is 1. The van der Waals surface area contributed by atoms with Crippen molar-refractivity contribution >= 4 is 28.3 Å². The number of aliphatic hydroxyl groups is 1. The van der Waals surface area contributed by atoms with E-state index in [1.54, 1.807) is 0 Å². The van der Waals surface area contributed by atoms with Gasteiger partial charge in [-0.1, -0.05) is 23.7 Å². The van der Waals surface area contributed by atoms with Gasteiger partial charge < -0.3 is 14.7 Å². The summed E-state index contributed by atoms with van der Waals surface area (Å²) in [5.74, 6) is 2.14. The van der Waals surface area contributed by atoms with Gasteiger partial charge in [-0.05, 0) is 55.7 Å². The lowest BCUT2D eigenvalue weighted by atomic mass is 9.81. The van der Waals surface area contributed by atoms with Gasteiger partial charge in [-0.15, -0.1) is 0 Å². The Morgan fingerprint density at radius 2 is 1.93 bits per heavy atom. The zero-order valence-corrected chi connectivity index (χ0v) is 18.4. The maximum Gasteiger partial charge on any atom is 0.235 e. The van der Waals surface area contributed by atoms with E-state index in [9.17, 15) is 9.32 Å². The van der Waals surface area contributed by atoms with Gasteiger partial charge in [0.2, 0.25) is 11.8 Å². The zero-order valence-electron chi connectivity index (χ0n) is 16.8. The Labute approximate surface area is 184 Å². The molecule has 8 heteroatoms.